The summed E-state index contributed by atoms with van der Waals surface area (Å²) in [6, 6.07) is 5.54. The van der Waals surface area contributed by atoms with Gasteiger partial charge in [0, 0.05) is 58.2 Å². The van der Waals surface area contributed by atoms with Gasteiger partial charge in [-0.2, -0.15) is 10.4 Å². The average molecular weight is 511 g/mol. The van der Waals surface area contributed by atoms with Crippen LogP contribution in [0.2, 0.25) is 25.7 Å². The molecule has 3 heterocycles. The minimum absolute atomic E-state index is 0.00445. The molecule has 1 fully saturated rings. The van der Waals surface area contributed by atoms with Crippen molar-refractivity contribution in [2.24, 2.45) is 11.8 Å². The zero-order chi connectivity index (χ0) is 25.7. The van der Waals surface area contributed by atoms with Crippen LogP contribution in [0.15, 0.2) is 31.0 Å². The summed E-state index contributed by atoms with van der Waals surface area (Å²) in [5, 5.41) is 15.2. The highest BCUT2D eigenvalue weighted by atomic mass is 28.3. The van der Waals surface area contributed by atoms with E-state index in [0.717, 1.165) is 54.2 Å². The van der Waals surface area contributed by atoms with Crippen LogP contribution in [0.3, 0.4) is 0 Å². The fraction of sp³-hybridized carbons (Fsp3) is 0.615. The second-order valence-electron chi connectivity index (χ2n) is 10.9. The SMILES string of the molecule is COC(OC)C1CCC(C(CC#N)n2cc(-c3ncnc4c3ccn4COCC[Si](C)(C)C)cn2)C1. The van der Waals surface area contributed by atoms with Crippen LogP contribution >= 0.6 is 0 Å². The van der Waals surface area contributed by atoms with E-state index in [0.29, 0.717) is 25.0 Å². The number of nitrogens with zero attached hydrogens (tertiary/aromatic N) is 6. The summed E-state index contributed by atoms with van der Waals surface area (Å²) < 4.78 is 20.9. The maximum Gasteiger partial charge on any atom is 0.159 e. The largest absolute Gasteiger partial charge is 0.361 e. The number of ether oxygens (including phenoxy) is 3. The van der Waals surface area contributed by atoms with Crippen LogP contribution in [-0.4, -0.2) is 59.5 Å². The van der Waals surface area contributed by atoms with Crippen LogP contribution in [0.4, 0.5) is 0 Å². The molecule has 0 saturated heterocycles. The zero-order valence-corrected chi connectivity index (χ0v) is 23.1. The van der Waals surface area contributed by atoms with E-state index in [1.54, 1.807) is 20.5 Å². The second-order valence-corrected chi connectivity index (χ2v) is 16.5. The van der Waals surface area contributed by atoms with E-state index in [-0.39, 0.29) is 12.3 Å². The summed E-state index contributed by atoms with van der Waals surface area (Å²) in [7, 11) is 2.24. The number of nitriles is 1. The first kappa shape index (κ1) is 26.5. The van der Waals surface area contributed by atoms with Gasteiger partial charge in [0.25, 0.3) is 0 Å². The van der Waals surface area contributed by atoms with Crippen molar-refractivity contribution in [2.75, 3.05) is 20.8 Å². The Morgan fingerprint density at radius 1 is 1.17 bits per heavy atom. The molecule has 1 saturated carbocycles. The Labute approximate surface area is 214 Å². The van der Waals surface area contributed by atoms with Crippen molar-refractivity contribution in [3.05, 3.63) is 31.0 Å². The molecule has 0 spiro atoms. The first-order valence-electron chi connectivity index (χ1n) is 12.7. The van der Waals surface area contributed by atoms with Gasteiger partial charge in [-0.15, -0.1) is 0 Å². The lowest BCUT2D eigenvalue weighted by molar-refractivity contribution is -0.136. The summed E-state index contributed by atoms with van der Waals surface area (Å²) in [5.41, 5.74) is 2.60. The van der Waals surface area contributed by atoms with E-state index >= 15 is 0 Å². The third-order valence-corrected chi connectivity index (χ3v) is 8.91. The van der Waals surface area contributed by atoms with Gasteiger partial charge < -0.3 is 18.8 Å². The normalized spacial score (nSPS) is 19.2. The molecule has 3 atom stereocenters. The molecule has 0 N–H and O–H groups in total. The van der Waals surface area contributed by atoms with Gasteiger partial charge in [-0.05, 0) is 37.3 Å². The monoisotopic (exact) mass is 510 g/mol. The molecule has 10 heteroatoms. The lowest BCUT2D eigenvalue weighted by Gasteiger charge is -2.24. The number of hydrogen-bond acceptors (Lipinski definition) is 7. The molecule has 0 amide bonds. The Hall–Kier alpha value is -2.58. The summed E-state index contributed by atoms with van der Waals surface area (Å²) in [6.45, 7) is 8.29. The van der Waals surface area contributed by atoms with Crippen molar-refractivity contribution < 1.29 is 14.2 Å². The predicted molar refractivity (Wildman–Crippen MR) is 141 cm³/mol. The van der Waals surface area contributed by atoms with E-state index in [1.165, 1.54) is 0 Å². The molecule has 3 unspecified atom stereocenters. The molecular weight excluding hydrogens is 472 g/mol. The fourth-order valence-electron chi connectivity index (χ4n) is 5.22. The van der Waals surface area contributed by atoms with E-state index in [4.69, 9.17) is 14.2 Å². The van der Waals surface area contributed by atoms with E-state index in [2.05, 4.69) is 40.8 Å². The Morgan fingerprint density at radius 3 is 2.67 bits per heavy atom. The van der Waals surface area contributed by atoms with E-state index < -0.39 is 8.07 Å². The molecule has 1 aliphatic carbocycles. The lowest BCUT2D eigenvalue weighted by Crippen LogP contribution is -2.24. The highest BCUT2D eigenvalue weighted by molar-refractivity contribution is 6.76. The van der Waals surface area contributed by atoms with Crippen molar-refractivity contribution in [1.29, 1.82) is 5.26 Å². The van der Waals surface area contributed by atoms with Gasteiger partial charge in [0.1, 0.15) is 18.7 Å². The summed E-state index contributed by atoms with van der Waals surface area (Å²) in [4.78, 5) is 9.10. The molecule has 0 bridgehead atoms. The Bertz CT molecular complexity index is 1180. The van der Waals surface area contributed by atoms with Crippen molar-refractivity contribution >= 4 is 19.1 Å². The molecule has 9 nitrogen and oxygen atoms in total. The van der Waals surface area contributed by atoms with Gasteiger partial charge in [-0.1, -0.05) is 19.6 Å². The molecule has 0 radical (unpaired) electrons. The van der Waals surface area contributed by atoms with Gasteiger partial charge >= 0.3 is 0 Å². The summed E-state index contributed by atoms with van der Waals surface area (Å²) >= 11 is 0. The minimum Gasteiger partial charge on any atom is -0.361 e. The second kappa shape index (κ2) is 11.6. The standard InChI is InChI=1S/C26H38N6O3Si/c1-33-26(34-2)20-7-6-19(14-20)23(8-10-27)32-16-21(15-30-32)24-22-9-11-31(25(22)29-17-28-24)18-35-12-13-36(3,4)5/h9,11,15-17,19-20,23,26H,6-8,12-14,18H2,1-5H3. The number of rotatable bonds is 12. The number of fused-ring (bicyclic) bond motifs is 1. The molecule has 194 valence electrons. The number of hydrogen-bond donors (Lipinski definition) is 0. The first-order valence-corrected chi connectivity index (χ1v) is 16.4. The maximum absolute atomic E-state index is 9.55. The Balaban J connectivity index is 1.51. The van der Waals surface area contributed by atoms with Gasteiger partial charge in [0.2, 0.25) is 0 Å². The summed E-state index contributed by atoms with van der Waals surface area (Å²) in [6.07, 6.45) is 10.7. The maximum atomic E-state index is 9.55. The summed E-state index contributed by atoms with van der Waals surface area (Å²) in [5.74, 6) is 0.672. The highest BCUT2D eigenvalue weighted by Crippen LogP contribution is 2.42. The first-order chi connectivity index (χ1) is 17.3. The molecule has 1 aliphatic rings. The molecule has 36 heavy (non-hydrogen) atoms. The van der Waals surface area contributed by atoms with Crippen LogP contribution in [0.5, 0.6) is 0 Å². The lowest BCUT2D eigenvalue weighted by atomic mass is 9.94. The van der Waals surface area contributed by atoms with Crippen molar-refractivity contribution in [3.8, 4) is 17.3 Å². The molecule has 0 aromatic carbocycles. The van der Waals surface area contributed by atoms with Crippen LogP contribution < -0.4 is 0 Å². The quantitative estimate of drug-likeness (QED) is 0.190. The average Bonchev–Trinajstić information content (AvgIpc) is 3.61. The van der Waals surface area contributed by atoms with Crippen LogP contribution in [0.1, 0.15) is 31.7 Å². The van der Waals surface area contributed by atoms with Crippen molar-refractivity contribution in [1.82, 2.24) is 24.3 Å². The van der Waals surface area contributed by atoms with Crippen LogP contribution in [-0.2, 0) is 20.9 Å². The molecular formula is C26H38N6O3Si. The van der Waals surface area contributed by atoms with Crippen LogP contribution in [0, 0.1) is 23.2 Å². The fourth-order valence-corrected chi connectivity index (χ4v) is 5.98. The Kier molecular flexibility index (Phi) is 8.57. The van der Waals surface area contributed by atoms with Gasteiger partial charge in [0.05, 0.1) is 30.4 Å². The molecule has 0 aliphatic heterocycles. The molecule has 4 rings (SSSR count). The van der Waals surface area contributed by atoms with E-state index in [1.807, 2.05) is 33.9 Å². The van der Waals surface area contributed by atoms with Gasteiger partial charge in [0.15, 0.2) is 6.29 Å². The zero-order valence-electron chi connectivity index (χ0n) is 22.1. The highest BCUT2D eigenvalue weighted by Gasteiger charge is 2.36. The molecule has 3 aromatic heterocycles. The van der Waals surface area contributed by atoms with Gasteiger partial charge in [-0.3, -0.25) is 4.68 Å². The minimum atomic E-state index is -1.12. The molecule has 3 aromatic rings. The van der Waals surface area contributed by atoms with Crippen molar-refractivity contribution in [2.45, 2.75) is 70.4 Å². The third kappa shape index (κ3) is 6.03. The number of aromatic nitrogens is 5. The van der Waals surface area contributed by atoms with Crippen molar-refractivity contribution in [3.63, 3.8) is 0 Å². The van der Waals surface area contributed by atoms with Gasteiger partial charge in [-0.25, -0.2) is 9.97 Å². The van der Waals surface area contributed by atoms with E-state index in [9.17, 15) is 5.26 Å². The predicted octanol–water partition coefficient (Wildman–Crippen LogP) is 5.10. The third-order valence-electron chi connectivity index (χ3n) is 7.21. The smallest absolute Gasteiger partial charge is 0.159 e. The Morgan fingerprint density at radius 2 is 1.94 bits per heavy atom. The topological polar surface area (TPSA) is 100 Å². The number of methoxy groups -OCH3 is 2. The van der Waals surface area contributed by atoms with Crippen LogP contribution in [0.25, 0.3) is 22.3 Å².